The van der Waals surface area contributed by atoms with E-state index in [1.807, 2.05) is 13.8 Å². The molecular weight excluding hydrogens is 268 g/mol. The fourth-order valence-electron chi connectivity index (χ4n) is 1.76. The van der Waals surface area contributed by atoms with E-state index in [0.29, 0.717) is 5.01 Å². The van der Waals surface area contributed by atoms with Crippen molar-refractivity contribution in [2.45, 2.75) is 26.3 Å². The highest BCUT2D eigenvalue weighted by Gasteiger charge is 2.14. The fraction of sp³-hybridized carbons (Fsp3) is 0.385. The Labute approximate surface area is 114 Å². The van der Waals surface area contributed by atoms with Crippen LogP contribution in [-0.4, -0.2) is 16.7 Å². The molecule has 1 aromatic heterocycles. The number of rotatable bonds is 5. The van der Waals surface area contributed by atoms with Gasteiger partial charge in [-0.1, -0.05) is 24.3 Å². The lowest BCUT2D eigenvalue weighted by Crippen LogP contribution is -2.17. The summed E-state index contributed by atoms with van der Waals surface area (Å²) in [6.45, 7) is 4.82. The van der Waals surface area contributed by atoms with Gasteiger partial charge in [-0.15, -0.1) is 10.2 Å². The molecule has 0 aliphatic carbocycles. The van der Waals surface area contributed by atoms with Crippen molar-refractivity contribution >= 4 is 11.3 Å². The fourth-order valence-corrected chi connectivity index (χ4v) is 2.64. The van der Waals surface area contributed by atoms with Crippen LogP contribution in [0.1, 0.15) is 35.5 Å². The van der Waals surface area contributed by atoms with Crippen LogP contribution in [-0.2, 0) is 6.42 Å². The smallest absolute Gasteiger partial charge is 0.134 e. The van der Waals surface area contributed by atoms with E-state index in [-0.39, 0.29) is 18.0 Å². The highest BCUT2D eigenvalue weighted by molar-refractivity contribution is 7.11. The largest absolute Gasteiger partial charge is 0.308 e. The summed E-state index contributed by atoms with van der Waals surface area (Å²) in [5.74, 6) is -1.09. The lowest BCUT2D eigenvalue weighted by molar-refractivity contribution is 0.560. The second-order valence-corrected chi connectivity index (χ2v) is 5.28. The van der Waals surface area contributed by atoms with E-state index < -0.39 is 11.6 Å². The van der Waals surface area contributed by atoms with Crippen LogP contribution in [0.2, 0.25) is 0 Å². The molecule has 2 aromatic rings. The SMILES string of the molecule is CCNC(C)c1nnc(Cc2c(F)cccc2F)s1. The summed E-state index contributed by atoms with van der Waals surface area (Å²) in [6.07, 6.45) is 0.134. The molecule has 0 aliphatic heterocycles. The number of hydrogen-bond donors (Lipinski definition) is 1. The maximum absolute atomic E-state index is 13.5. The molecule has 3 nitrogen and oxygen atoms in total. The zero-order chi connectivity index (χ0) is 13.8. The first-order valence-electron chi connectivity index (χ1n) is 6.10. The van der Waals surface area contributed by atoms with Crippen molar-refractivity contribution in [3.8, 4) is 0 Å². The molecule has 6 heteroatoms. The summed E-state index contributed by atoms with van der Waals surface area (Å²) in [6, 6.07) is 3.96. The van der Waals surface area contributed by atoms with Crippen LogP contribution in [0.4, 0.5) is 8.78 Å². The lowest BCUT2D eigenvalue weighted by atomic mass is 10.1. The molecule has 1 heterocycles. The quantitative estimate of drug-likeness (QED) is 0.916. The molecule has 0 aliphatic rings. The van der Waals surface area contributed by atoms with Gasteiger partial charge in [0.05, 0.1) is 6.04 Å². The second-order valence-electron chi connectivity index (χ2n) is 4.19. The molecule has 102 valence electrons. The van der Waals surface area contributed by atoms with Crippen LogP contribution in [0, 0.1) is 11.6 Å². The maximum atomic E-state index is 13.5. The van der Waals surface area contributed by atoms with Crippen molar-refractivity contribution in [3.63, 3.8) is 0 Å². The van der Waals surface area contributed by atoms with Gasteiger partial charge in [0.1, 0.15) is 21.6 Å². The summed E-state index contributed by atoms with van der Waals surface area (Å²) in [5.41, 5.74) is 0.0429. The van der Waals surface area contributed by atoms with E-state index in [0.717, 1.165) is 11.6 Å². The number of benzene rings is 1. The maximum Gasteiger partial charge on any atom is 0.134 e. The van der Waals surface area contributed by atoms with E-state index in [1.165, 1.54) is 29.5 Å². The van der Waals surface area contributed by atoms with Gasteiger partial charge < -0.3 is 5.32 Å². The molecule has 0 spiro atoms. The average Bonchev–Trinajstić information content (AvgIpc) is 2.83. The van der Waals surface area contributed by atoms with Gasteiger partial charge in [-0.2, -0.15) is 0 Å². The normalized spacial score (nSPS) is 12.6. The Balaban J connectivity index is 2.16. The molecule has 2 rings (SSSR count). The van der Waals surface area contributed by atoms with Crippen molar-refractivity contribution in [1.29, 1.82) is 0 Å². The molecule has 0 saturated carbocycles. The van der Waals surface area contributed by atoms with Crippen LogP contribution < -0.4 is 5.32 Å². The summed E-state index contributed by atoms with van der Waals surface area (Å²) in [4.78, 5) is 0. The number of nitrogens with zero attached hydrogens (tertiary/aromatic N) is 2. The van der Waals surface area contributed by atoms with Gasteiger partial charge in [-0.05, 0) is 25.6 Å². The van der Waals surface area contributed by atoms with Crippen molar-refractivity contribution in [2.75, 3.05) is 6.54 Å². The van der Waals surface area contributed by atoms with E-state index in [1.54, 1.807) is 0 Å². The van der Waals surface area contributed by atoms with Gasteiger partial charge in [0.2, 0.25) is 0 Å². The Hall–Kier alpha value is -1.40. The number of halogens is 2. The molecule has 0 bridgehead atoms. The monoisotopic (exact) mass is 283 g/mol. The van der Waals surface area contributed by atoms with Crippen LogP contribution >= 0.6 is 11.3 Å². The third kappa shape index (κ3) is 3.33. The summed E-state index contributed by atoms with van der Waals surface area (Å²) < 4.78 is 27.1. The summed E-state index contributed by atoms with van der Waals surface area (Å²) in [7, 11) is 0. The van der Waals surface area contributed by atoms with Crippen molar-refractivity contribution in [2.24, 2.45) is 0 Å². The topological polar surface area (TPSA) is 37.8 Å². The van der Waals surface area contributed by atoms with Crippen LogP contribution in [0.25, 0.3) is 0 Å². The summed E-state index contributed by atoms with van der Waals surface area (Å²) >= 11 is 1.38. The second kappa shape index (κ2) is 6.16. The third-order valence-corrected chi connectivity index (χ3v) is 3.86. The van der Waals surface area contributed by atoms with E-state index in [9.17, 15) is 8.78 Å². The summed E-state index contributed by atoms with van der Waals surface area (Å²) in [5, 5.41) is 12.7. The first-order chi connectivity index (χ1) is 9.11. The Morgan fingerprint density at radius 1 is 1.26 bits per heavy atom. The van der Waals surface area contributed by atoms with Gasteiger partial charge >= 0.3 is 0 Å². The van der Waals surface area contributed by atoms with Gasteiger partial charge in [0, 0.05) is 12.0 Å². The Bertz CT molecular complexity index is 536. The van der Waals surface area contributed by atoms with Gasteiger partial charge in [-0.25, -0.2) is 8.78 Å². The zero-order valence-electron chi connectivity index (χ0n) is 10.8. The predicted molar refractivity (Wildman–Crippen MR) is 71.2 cm³/mol. The lowest BCUT2D eigenvalue weighted by Gasteiger charge is -2.06. The molecule has 0 fully saturated rings. The molecule has 0 saturated heterocycles. The Kier molecular flexibility index (Phi) is 4.55. The number of hydrogen-bond acceptors (Lipinski definition) is 4. The minimum Gasteiger partial charge on any atom is -0.308 e. The number of nitrogens with one attached hydrogen (secondary N) is 1. The van der Waals surface area contributed by atoms with Gasteiger partial charge in [0.15, 0.2) is 0 Å². The Morgan fingerprint density at radius 3 is 2.58 bits per heavy atom. The highest BCUT2D eigenvalue weighted by Crippen LogP contribution is 2.22. The molecule has 19 heavy (non-hydrogen) atoms. The van der Waals surface area contributed by atoms with Crippen LogP contribution in [0.15, 0.2) is 18.2 Å². The van der Waals surface area contributed by atoms with Crippen LogP contribution in [0.5, 0.6) is 0 Å². The van der Waals surface area contributed by atoms with Gasteiger partial charge in [-0.3, -0.25) is 0 Å². The standard InChI is InChI=1S/C13H15F2N3S/c1-3-16-8(2)13-18-17-12(19-13)7-9-10(14)5-4-6-11(9)15/h4-6,8,16H,3,7H2,1-2H3. The molecule has 1 unspecified atom stereocenters. The van der Waals surface area contributed by atoms with E-state index in [4.69, 9.17) is 0 Å². The van der Waals surface area contributed by atoms with Gasteiger partial charge in [0.25, 0.3) is 0 Å². The molecule has 0 radical (unpaired) electrons. The Morgan fingerprint density at radius 2 is 1.95 bits per heavy atom. The molecule has 1 N–H and O–H groups in total. The van der Waals surface area contributed by atoms with E-state index in [2.05, 4.69) is 15.5 Å². The highest BCUT2D eigenvalue weighted by atomic mass is 32.1. The predicted octanol–water partition coefficient (Wildman–Crippen LogP) is 3.08. The van der Waals surface area contributed by atoms with Crippen molar-refractivity contribution < 1.29 is 8.78 Å². The first-order valence-corrected chi connectivity index (χ1v) is 6.92. The first kappa shape index (κ1) is 14.0. The molecular formula is C13H15F2N3S. The molecule has 0 amide bonds. The molecule has 1 atom stereocenters. The molecule has 1 aromatic carbocycles. The van der Waals surface area contributed by atoms with Crippen LogP contribution in [0.3, 0.4) is 0 Å². The average molecular weight is 283 g/mol. The minimum absolute atomic E-state index is 0.0429. The third-order valence-electron chi connectivity index (χ3n) is 2.75. The minimum atomic E-state index is -0.545. The van der Waals surface area contributed by atoms with Crippen molar-refractivity contribution in [1.82, 2.24) is 15.5 Å². The van der Waals surface area contributed by atoms with Crippen molar-refractivity contribution in [3.05, 3.63) is 45.4 Å². The number of aromatic nitrogens is 2. The van der Waals surface area contributed by atoms with E-state index >= 15 is 0 Å². The zero-order valence-corrected chi connectivity index (χ0v) is 11.6.